The summed E-state index contributed by atoms with van der Waals surface area (Å²) in [7, 11) is -1.85. The van der Waals surface area contributed by atoms with Gasteiger partial charge >= 0.3 is 0 Å². The van der Waals surface area contributed by atoms with Crippen LogP contribution in [-0.4, -0.2) is 54.8 Å². The number of likely N-dealkylation sites (tertiary alicyclic amines) is 1. The summed E-state index contributed by atoms with van der Waals surface area (Å²) >= 11 is 0. The quantitative estimate of drug-likeness (QED) is 0.405. The van der Waals surface area contributed by atoms with Crippen LogP contribution in [0.4, 0.5) is 0 Å². The molecule has 0 radical (unpaired) electrons. The fraction of sp³-hybridized carbons (Fsp3) is 0.333. The number of aryl methyl sites for hydroxylation is 1. The van der Waals surface area contributed by atoms with Crippen LogP contribution in [0.1, 0.15) is 17.7 Å². The van der Waals surface area contributed by atoms with Crippen LogP contribution in [-0.2, 0) is 21.2 Å². The first-order valence-corrected chi connectivity index (χ1v) is 12.4. The lowest BCUT2D eigenvalue weighted by molar-refractivity contribution is -0.133. The molecule has 1 aliphatic rings. The average Bonchev–Trinajstić information content (AvgIpc) is 3.16. The summed E-state index contributed by atoms with van der Waals surface area (Å²) in [5.74, 6) is -0.773. The van der Waals surface area contributed by atoms with Crippen molar-refractivity contribution >= 4 is 26.6 Å². The van der Waals surface area contributed by atoms with Crippen molar-refractivity contribution in [3.05, 3.63) is 65.9 Å². The lowest BCUT2D eigenvalue weighted by Gasteiger charge is -2.23. The van der Waals surface area contributed by atoms with Gasteiger partial charge in [-0.25, -0.2) is 13.9 Å². The van der Waals surface area contributed by atoms with E-state index < -0.39 is 27.7 Å². The number of hydrogen-bond acceptors (Lipinski definition) is 7. The molecular weight excluding hydrogens is 442 g/mol. The van der Waals surface area contributed by atoms with E-state index in [0.29, 0.717) is 25.3 Å². The number of carbonyl (C=O) groups excluding carboxylic acids is 1. The molecule has 174 valence electrons. The second-order valence-corrected chi connectivity index (χ2v) is 10.4. The lowest BCUT2D eigenvalue weighted by Crippen LogP contribution is -2.42. The number of rotatable bonds is 7. The number of hydrogen-bond donors (Lipinski definition) is 2. The van der Waals surface area contributed by atoms with Crippen molar-refractivity contribution in [3.8, 4) is 5.75 Å². The molecule has 9 heteroatoms. The van der Waals surface area contributed by atoms with Crippen LogP contribution in [0.3, 0.4) is 0 Å². The molecule has 2 atom stereocenters. The van der Waals surface area contributed by atoms with E-state index in [0.717, 1.165) is 22.2 Å². The van der Waals surface area contributed by atoms with Crippen molar-refractivity contribution in [1.29, 1.82) is 0 Å². The number of carbonyl (C=O) groups is 1. The van der Waals surface area contributed by atoms with Gasteiger partial charge in [0, 0.05) is 22.7 Å². The number of nitrogens with one attached hydrogen (secondary N) is 1. The van der Waals surface area contributed by atoms with E-state index >= 15 is 0 Å². The molecule has 1 aliphatic heterocycles. The Morgan fingerprint density at radius 2 is 1.94 bits per heavy atom. The number of para-hydroxylation sites is 1. The largest absolute Gasteiger partial charge is 0.489 e. The van der Waals surface area contributed by atoms with E-state index in [-0.39, 0.29) is 10.6 Å². The number of sulfone groups is 1. The monoisotopic (exact) mass is 469 g/mol. The van der Waals surface area contributed by atoms with E-state index in [4.69, 9.17) is 9.94 Å². The van der Waals surface area contributed by atoms with E-state index in [1.165, 1.54) is 12.1 Å². The van der Waals surface area contributed by atoms with Crippen molar-refractivity contribution in [2.75, 3.05) is 19.3 Å². The number of ether oxygens (including phenoxy) is 1. The molecule has 2 heterocycles. The maximum Gasteiger partial charge on any atom is 0.248 e. The Labute approximate surface area is 193 Å². The van der Waals surface area contributed by atoms with Crippen LogP contribution < -0.4 is 10.2 Å². The minimum absolute atomic E-state index is 0.170. The van der Waals surface area contributed by atoms with Gasteiger partial charge in [0.2, 0.25) is 5.91 Å². The van der Waals surface area contributed by atoms with Crippen molar-refractivity contribution in [2.24, 2.45) is 5.92 Å². The Bertz CT molecular complexity index is 1260. The second-order valence-electron chi connectivity index (χ2n) is 8.40. The number of aromatic nitrogens is 1. The number of hydroxylamine groups is 1. The fourth-order valence-electron chi connectivity index (χ4n) is 4.38. The maximum absolute atomic E-state index is 13.0. The SMILES string of the molecule is Cc1cc(COc2ccc(S(=O)(=O)C[C@H]3[C@@H](C(=O)NO)CCN3C)cc2)c2ccccc2n1. The summed E-state index contributed by atoms with van der Waals surface area (Å²) < 4.78 is 31.9. The number of amides is 1. The Morgan fingerprint density at radius 3 is 2.67 bits per heavy atom. The molecule has 1 aromatic heterocycles. The van der Waals surface area contributed by atoms with Crippen molar-refractivity contribution in [3.63, 3.8) is 0 Å². The Kier molecular flexibility index (Phi) is 6.64. The van der Waals surface area contributed by atoms with Gasteiger partial charge in [0.05, 0.1) is 22.1 Å². The van der Waals surface area contributed by atoms with Crippen LogP contribution in [0, 0.1) is 12.8 Å². The van der Waals surface area contributed by atoms with Gasteiger partial charge in [0.25, 0.3) is 0 Å². The van der Waals surface area contributed by atoms with Crippen molar-refractivity contribution in [2.45, 2.75) is 30.9 Å². The molecule has 0 spiro atoms. The zero-order valence-electron chi connectivity index (χ0n) is 18.6. The van der Waals surface area contributed by atoms with Gasteiger partial charge < -0.3 is 9.64 Å². The summed E-state index contributed by atoms with van der Waals surface area (Å²) in [6.07, 6.45) is 0.499. The fourth-order valence-corrected chi connectivity index (χ4v) is 6.06. The highest BCUT2D eigenvalue weighted by molar-refractivity contribution is 7.91. The van der Waals surface area contributed by atoms with Gasteiger partial charge in [0.15, 0.2) is 9.84 Å². The molecule has 0 saturated carbocycles. The topological polar surface area (TPSA) is 109 Å². The molecule has 0 unspecified atom stereocenters. The summed E-state index contributed by atoms with van der Waals surface area (Å²) in [6.45, 7) is 2.86. The molecule has 0 aliphatic carbocycles. The first-order chi connectivity index (χ1) is 15.8. The van der Waals surface area contributed by atoms with Gasteiger partial charge in [0.1, 0.15) is 12.4 Å². The second kappa shape index (κ2) is 9.46. The highest BCUT2D eigenvalue weighted by Gasteiger charge is 2.39. The van der Waals surface area contributed by atoms with E-state index in [9.17, 15) is 13.2 Å². The molecule has 2 aromatic carbocycles. The Morgan fingerprint density at radius 1 is 1.21 bits per heavy atom. The number of nitrogens with zero attached hydrogens (tertiary/aromatic N) is 2. The molecule has 33 heavy (non-hydrogen) atoms. The van der Waals surface area contributed by atoms with E-state index in [2.05, 4.69) is 4.98 Å². The highest BCUT2D eigenvalue weighted by Crippen LogP contribution is 2.27. The summed E-state index contributed by atoms with van der Waals surface area (Å²) in [6, 6.07) is 15.7. The van der Waals surface area contributed by atoms with Crippen LogP contribution >= 0.6 is 0 Å². The summed E-state index contributed by atoms with van der Waals surface area (Å²) in [5, 5.41) is 9.98. The van der Waals surface area contributed by atoms with Crippen molar-refractivity contribution in [1.82, 2.24) is 15.4 Å². The standard InChI is InChI=1S/C24H27N3O5S/c1-16-13-17(20-5-3-4-6-22(20)25-16)14-32-18-7-9-19(10-8-18)33(30,31)15-23-21(24(28)26-29)11-12-27(23)2/h3-10,13,21,23,29H,11-12,14-15H2,1-2H3,(H,26,28)/t21-,23-/m0/s1. The lowest BCUT2D eigenvalue weighted by atomic mass is 10.0. The molecule has 0 bridgehead atoms. The molecule has 2 N–H and O–H groups in total. The molecule has 8 nitrogen and oxygen atoms in total. The van der Waals surface area contributed by atoms with E-state index in [1.54, 1.807) is 24.7 Å². The molecule has 4 rings (SSSR count). The normalized spacial score (nSPS) is 19.0. The smallest absolute Gasteiger partial charge is 0.248 e. The number of fused-ring (bicyclic) bond motifs is 1. The number of pyridine rings is 1. The summed E-state index contributed by atoms with van der Waals surface area (Å²) in [4.78, 5) is 18.5. The van der Waals surface area contributed by atoms with Crippen molar-refractivity contribution < 1.29 is 23.2 Å². The first kappa shape index (κ1) is 23.2. The van der Waals surface area contributed by atoms with Gasteiger partial charge in [-0.3, -0.25) is 15.0 Å². The van der Waals surface area contributed by atoms with Crippen LogP contribution in [0.25, 0.3) is 10.9 Å². The zero-order chi connectivity index (χ0) is 23.6. The third kappa shape index (κ3) is 5.00. The van der Waals surface area contributed by atoms with Gasteiger partial charge in [-0.1, -0.05) is 18.2 Å². The van der Waals surface area contributed by atoms with E-state index in [1.807, 2.05) is 42.2 Å². The van der Waals surface area contributed by atoms with Gasteiger partial charge in [-0.05, 0) is 63.3 Å². The minimum atomic E-state index is -3.64. The minimum Gasteiger partial charge on any atom is -0.489 e. The first-order valence-electron chi connectivity index (χ1n) is 10.7. The average molecular weight is 470 g/mol. The van der Waals surface area contributed by atoms with Crippen LogP contribution in [0.5, 0.6) is 5.75 Å². The highest BCUT2D eigenvalue weighted by atomic mass is 32.2. The number of benzene rings is 2. The third-order valence-electron chi connectivity index (χ3n) is 6.17. The predicted octanol–water partition coefficient (Wildman–Crippen LogP) is 2.72. The molecule has 1 fully saturated rings. The maximum atomic E-state index is 13.0. The van der Waals surface area contributed by atoms with Gasteiger partial charge in [-0.2, -0.15) is 0 Å². The Balaban J connectivity index is 1.46. The predicted molar refractivity (Wildman–Crippen MR) is 124 cm³/mol. The van der Waals surface area contributed by atoms with Crippen LogP contribution in [0.2, 0.25) is 0 Å². The van der Waals surface area contributed by atoms with Gasteiger partial charge in [-0.15, -0.1) is 0 Å². The Hall–Kier alpha value is -3.01. The zero-order valence-corrected chi connectivity index (χ0v) is 19.4. The summed E-state index contributed by atoms with van der Waals surface area (Å²) in [5.41, 5.74) is 4.47. The molecule has 1 amide bonds. The van der Waals surface area contributed by atoms with Crippen LogP contribution in [0.15, 0.2) is 59.5 Å². The molecule has 3 aromatic rings. The molecule has 1 saturated heterocycles. The molecular formula is C24H27N3O5S. The third-order valence-corrected chi connectivity index (χ3v) is 7.94.